The number of benzene rings is 2. The third-order valence-electron chi connectivity index (χ3n) is 3.92. The Balaban J connectivity index is 2.18. The van der Waals surface area contributed by atoms with E-state index in [2.05, 4.69) is 76.2 Å². The Morgan fingerprint density at radius 2 is 1.57 bits per heavy atom. The molecule has 1 aromatic heterocycles. The molecule has 2 aromatic carbocycles. The number of rotatable bonds is 1. The molecular weight excluding hydrogens is 254 g/mol. The summed E-state index contributed by atoms with van der Waals surface area (Å²) in [6.45, 7) is 8.87. The zero-order valence-electron chi connectivity index (χ0n) is 13.1. The Morgan fingerprint density at radius 1 is 0.857 bits per heavy atom. The lowest BCUT2D eigenvalue weighted by Gasteiger charge is -2.19. The Labute approximate surface area is 126 Å². The maximum absolute atomic E-state index is 4.87. The summed E-state index contributed by atoms with van der Waals surface area (Å²) >= 11 is 0. The SMILES string of the molecule is Cc1cc2cc(C(C)(C)C)ccc2nc1-c1ccccc1. The second kappa shape index (κ2) is 5.00. The number of pyridine rings is 1. The molecule has 0 atom stereocenters. The van der Waals surface area contributed by atoms with Crippen LogP contribution in [0.15, 0.2) is 54.6 Å². The highest BCUT2D eigenvalue weighted by atomic mass is 14.7. The van der Waals surface area contributed by atoms with Gasteiger partial charge >= 0.3 is 0 Å². The van der Waals surface area contributed by atoms with E-state index in [9.17, 15) is 0 Å². The third kappa shape index (κ3) is 2.69. The highest BCUT2D eigenvalue weighted by Gasteiger charge is 2.14. The maximum Gasteiger partial charge on any atom is 0.0738 e. The second-order valence-corrected chi connectivity index (χ2v) is 6.68. The molecule has 0 amide bonds. The summed E-state index contributed by atoms with van der Waals surface area (Å²) < 4.78 is 0. The molecule has 1 heterocycles. The van der Waals surface area contributed by atoms with Gasteiger partial charge in [0, 0.05) is 10.9 Å². The van der Waals surface area contributed by atoms with Gasteiger partial charge in [-0.1, -0.05) is 57.2 Å². The molecule has 0 radical (unpaired) electrons. The first-order valence-corrected chi connectivity index (χ1v) is 7.42. The molecule has 3 rings (SSSR count). The van der Waals surface area contributed by atoms with Crippen LogP contribution in [-0.4, -0.2) is 4.98 Å². The lowest BCUT2D eigenvalue weighted by Crippen LogP contribution is -2.10. The Kier molecular flexibility index (Phi) is 3.29. The lowest BCUT2D eigenvalue weighted by molar-refractivity contribution is 0.591. The lowest BCUT2D eigenvalue weighted by atomic mass is 9.86. The predicted octanol–water partition coefficient (Wildman–Crippen LogP) is 5.51. The van der Waals surface area contributed by atoms with Crippen LogP contribution in [0, 0.1) is 6.92 Å². The standard InChI is InChI=1S/C20H21N/c1-14-12-16-13-17(20(2,3)4)10-11-18(16)21-19(14)15-8-6-5-7-9-15/h5-13H,1-4H3. The van der Waals surface area contributed by atoms with Crippen molar-refractivity contribution < 1.29 is 0 Å². The molecule has 0 aliphatic rings. The smallest absolute Gasteiger partial charge is 0.0738 e. The molecule has 21 heavy (non-hydrogen) atoms. The summed E-state index contributed by atoms with van der Waals surface area (Å²) in [6.07, 6.45) is 0. The van der Waals surface area contributed by atoms with Gasteiger partial charge in [0.15, 0.2) is 0 Å². The van der Waals surface area contributed by atoms with Gasteiger partial charge in [0.05, 0.1) is 11.2 Å². The Morgan fingerprint density at radius 3 is 2.24 bits per heavy atom. The summed E-state index contributed by atoms with van der Waals surface area (Å²) in [5, 5.41) is 1.22. The number of aryl methyl sites for hydroxylation is 1. The summed E-state index contributed by atoms with van der Waals surface area (Å²) in [4.78, 5) is 4.87. The van der Waals surface area contributed by atoms with Crippen molar-refractivity contribution in [3.63, 3.8) is 0 Å². The first kappa shape index (κ1) is 13.8. The number of hydrogen-bond acceptors (Lipinski definition) is 1. The van der Waals surface area contributed by atoms with Crippen LogP contribution in [0.2, 0.25) is 0 Å². The molecule has 0 unspecified atom stereocenters. The van der Waals surface area contributed by atoms with Gasteiger partial charge in [0.1, 0.15) is 0 Å². The van der Waals surface area contributed by atoms with Crippen LogP contribution >= 0.6 is 0 Å². The fourth-order valence-corrected chi connectivity index (χ4v) is 2.64. The minimum absolute atomic E-state index is 0.167. The van der Waals surface area contributed by atoms with Gasteiger partial charge in [-0.3, -0.25) is 0 Å². The second-order valence-electron chi connectivity index (χ2n) is 6.68. The van der Waals surface area contributed by atoms with Crippen LogP contribution < -0.4 is 0 Å². The number of fused-ring (bicyclic) bond motifs is 1. The van der Waals surface area contributed by atoms with Crippen molar-refractivity contribution >= 4 is 10.9 Å². The fourth-order valence-electron chi connectivity index (χ4n) is 2.64. The molecule has 0 bridgehead atoms. The zero-order chi connectivity index (χ0) is 15.0. The molecule has 0 aliphatic carbocycles. The van der Waals surface area contributed by atoms with Crippen molar-refractivity contribution in [1.29, 1.82) is 0 Å². The minimum Gasteiger partial charge on any atom is -0.248 e. The van der Waals surface area contributed by atoms with Crippen molar-refractivity contribution in [1.82, 2.24) is 4.98 Å². The van der Waals surface area contributed by atoms with Crippen LogP contribution in [0.4, 0.5) is 0 Å². The summed E-state index contributed by atoms with van der Waals surface area (Å²) in [5.41, 5.74) is 6.06. The minimum atomic E-state index is 0.167. The van der Waals surface area contributed by atoms with Gasteiger partial charge in [-0.2, -0.15) is 0 Å². The quantitative estimate of drug-likeness (QED) is 0.571. The highest BCUT2D eigenvalue weighted by Crippen LogP contribution is 2.29. The maximum atomic E-state index is 4.87. The molecule has 106 valence electrons. The number of aromatic nitrogens is 1. The molecule has 0 saturated carbocycles. The number of hydrogen-bond donors (Lipinski definition) is 0. The van der Waals surface area contributed by atoms with E-state index in [-0.39, 0.29) is 5.41 Å². The Hall–Kier alpha value is -2.15. The summed E-state index contributed by atoms with van der Waals surface area (Å²) in [5.74, 6) is 0. The van der Waals surface area contributed by atoms with E-state index >= 15 is 0 Å². The average Bonchev–Trinajstić information content (AvgIpc) is 2.46. The van der Waals surface area contributed by atoms with Crippen LogP contribution in [0.1, 0.15) is 31.9 Å². The van der Waals surface area contributed by atoms with Crippen molar-refractivity contribution in [3.8, 4) is 11.3 Å². The first-order chi connectivity index (χ1) is 9.95. The van der Waals surface area contributed by atoms with E-state index in [1.807, 2.05) is 6.07 Å². The van der Waals surface area contributed by atoms with E-state index in [1.54, 1.807) is 0 Å². The van der Waals surface area contributed by atoms with Gasteiger partial charge in [-0.05, 0) is 41.7 Å². The fraction of sp³-hybridized carbons (Fsp3) is 0.250. The number of nitrogens with zero attached hydrogens (tertiary/aromatic N) is 1. The van der Waals surface area contributed by atoms with Gasteiger partial charge in [0.25, 0.3) is 0 Å². The molecule has 0 N–H and O–H groups in total. The van der Waals surface area contributed by atoms with Gasteiger partial charge < -0.3 is 0 Å². The van der Waals surface area contributed by atoms with Crippen LogP contribution in [-0.2, 0) is 5.41 Å². The van der Waals surface area contributed by atoms with Crippen molar-refractivity contribution in [3.05, 3.63) is 65.7 Å². The summed E-state index contributed by atoms with van der Waals surface area (Å²) in [6, 6.07) is 19.2. The van der Waals surface area contributed by atoms with Gasteiger partial charge in [-0.15, -0.1) is 0 Å². The average molecular weight is 275 g/mol. The van der Waals surface area contributed by atoms with E-state index in [4.69, 9.17) is 4.98 Å². The molecule has 0 saturated heterocycles. The van der Waals surface area contributed by atoms with Crippen molar-refractivity contribution in [2.75, 3.05) is 0 Å². The highest BCUT2D eigenvalue weighted by molar-refractivity contribution is 5.84. The first-order valence-electron chi connectivity index (χ1n) is 7.42. The van der Waals surface area contributed by atoms with E-state index in [0.717, 1.165) is 11.2 Å². The molecular formula is C20H21N. The topological polar surface area (TPSA) is 12.9 Å². The van der Waals surface area contributed by atoms with Crippen LogP contribution in [0.3, 0.4) is 0 Å². The molecule has 3 aromatic rings. The van der Waals surface area contributed by atoms with Gasteiger partial charge in [0.2, 0.25) is 0 Å². The predicted molar refractivity (Wildman–Crippen MR) is 90.6 cm³/mol. The van der Waals surface area contributed by atoms with Crippen molar-refractivity contribution in [2.24, 2.45) is 0 Å². The van der Waals surface area contributed by atoms with Crippen molar-refractivity contribution in [2.45, 2.75) is 33.1 Å². The van der Waals surface area contributed by atoms with Gasteiger partial charge in [-0.25, -0.2) is 4.98 Å². The molecule has 0 aliphatic heterocycles. The monoisotopic (exact) mass is 275 g/mol. The van der Waals surface area contributed by atoms with E-state index < -0.39 is 0 Å². The molecule has 1 nitrogen and oxygen atoms in total. The summed E-state index contributed by atoms with van der Waals surface area (Å²) in [7, 11) is 0. The van der Waals surface area contributed by atoms with Crippen LogP contribution in [0.5, 0.6) is 0 Å². The zero-order valence-corrected chi connectivity index (χ0v) is 13.1. The third-order valence-corrected chi connectivity index (χ3v) is 3.92. The van der Waals surface area contributed by atoms with E-state index in [0.29, 0.717) is 0 Å². The normalized spacial score (nSPS) is 11.8. The molecule has 0 fully saturated rings. The van der Waals surface area contributed by atoms with E-state index in [1.165, 1.54) is 22.1 Å². The molecule has 1 heteroatoms. The van der Waals surface area contributed by atoms with Crippen LogP contribution in [0.25, 0.3) is 22.2 Å². The molecule has 0 spiro atoms. The Bertz CT molecular complexity index is 780. The largest absolute Gasteiger partial charge is 0.248 e.